The summed E-state index contributed by atoms with van der Waals surface area (Å²) in [6, 6.07) is 0. The molecule has 2 rings (SSSR count). The normalized spacial score (nSPS) is 18.7. The number of aryl methyl sites for hydroxylation is 2. The Labute approximate surface area is 83.8 Å². The van der Waals surface area contributed by atoms with Crippen molar-refractivity contribution in [3.63, 3.8) is 0 Å². The molecular formula is C10H17N2O2+. The first-order chi connectivity index (χ1) is 6.77. The molecule has 0 spiro atoms. The number of nitrogens with one attached hydrogen (secondary N) is 1. The first kappa shape index (κ1) is 9.68. The first-order valence-corrected chi connectivity index (χ1v) is 5.10. The number of ether oxygens (including phenoxy) is 1. The molecule has 0 radical (unpaired) electrons. The van der Waals surface area contributed by atoms with Gasteiger partial charge >= 0.3 is 0 Å². The molecule has 0 saturated carbocycles. The summed E-state index contributed by atoms with van der Waals surface area (Å²) in [4.78, 5) is 1.56. The van der Waals surface area contributed by atoms with Gasteiger partial charge in [0.05, 0.1) is 24.5 Å². The Morgan fingerprint density at radius 3 is 2.57 bits per heavy atom. The van der Waals surface area contributed by atoms with Crippen LogP contribution < -0.4 is 4.90 Å². The zero-order valence-electron chi connectivity index (χ0n) is 8.80. The molecule has 1 aromatic heterocycles. The Morgan fingerprint density at radius 1 is 1.29 bits per heavy atom. The molecule has 0 bridgehead atoms. The van der Waals surface area contributed by atoms with Crippen LogP contribution in [-0.2, 0) is 11.3 Å². The van der Waals surface area contributed by atoms with Crippen LogP contribution in [0.1, 0.15) is 17.0 Å². The molecular weight excluding hydrogens is 180 g/mol. The topological polar surface area (TPSA) is 39.7 Å². The maximum Gasteiger partial charge on any atom is 0.142 e. The molecule has 4 heteroatoms. The first-order valence-electron chi connectivity index (χ1n) is 5.10. The second-order valence-electron chi connectivity index (χ2n) is 3.84. The fourth-order valence-corrected chi connectivity index (χ4v) is 1.84. The van der Waals surface area contributed by atoms with E-state index in [0.29, 0.717) is 0 Å². The molecule has 0 aliphatic carbocycles. The van der Waals surface area contributed by atoms with Crippen LogP contribution in [0.2, 0.25) is 0 Å². The highest BCUT2D eigenvalue weighted by atomic mass is 16.5. The van der Waals surface area contributed by atoms with Crippen molar-refractivity contribution in [3.8, 4) is 0 Å². The van der Waals surface area contributed by atoms with E-state index in [1.165, 1.54) is 5.56 Å². The lowest BCUT2D eigenvalue weighted by Gasteiger charge is -2.23. The van der Waals surface area contributed by atoms with Gasteiger partial charge in [0.25, 0.3) is 0 Å². The van der Waals surface area contributed by atoms with E-state index >= 15 is 0 Å². The van der Waals surface area contributed by atoms with Gasteiger partial charge in [-0.3, -0.25) is 0 Å². The SMILES string of the molecule is Cc1noc(C)c1C[NH+]1CCOCC1. The molecule has 1 N–H and O–H groups in total. The molecule has 4 nitrogen and oxygen atoms in total. The third-order valence-corrected chi connectivity index (χ3v) is 2.81. The van der Waals surface area contributed by atoms with Gasteiger partial charge < -0.3 is 14.2 Å². The number of quaternary nitrogens is 1. The minimum Gasteiger partial charge on any atom is -0.370 e. The highest BCUT2D eigenvalue weighted by molar-refractivity contribution is 5.19. The third kappa shape index (κ3) is 1.96. The van der Waals surface area contributed by atoms with E-state index in [0.717, 1.165) is 44.3 Å². The van der Waals surface area contributed by atoms with Crippen molar-refractivity contribution < 1.29 is 14.2 Å². The number of hydrogen-bond acceptors (Lipinski definition) is 3. The van der Waals surface area contributed by atoms with Gasteiger partial charge in [0.2, 0.25) is 0 Å². The standard InChI is InChI=1S/C10H16N2O2/c1-8-10(9(2)14-11-8)7-12-3-5-13-6-4-12/h3-7H2,1-2H3/p+1. The lowest BCUT2D eigenvalue weighted by atomic mass is 10.2. The monoisotopic (exact) mass is 197 g/mol. The quantitative estimate of drug-likeness (QED) is 0.708. The Hall–Kier alpha value is -0.870. The second-order valence-corrected chi connectivity index (χ2v) is 3.84. The molecule has 0 unspecified atom stereocenters. The molecule has 0 amide bonds. The number of hydrogen-bond donors (Lipinski definition) is 1. The van der Waals surface area contributed by atoms with Gasteiger partial charge in [-0.2, -0.15) is 0 Å². The molecule has 1 fully saturated rings. The van der Waals surface area contributed by atoms with E-state index in [2.05, 4.69) is 5.16 Å². The molecule has 14 heavy (non-hydrogen) atoms. The highest BCUT2D eigenvalue weighted by Crippen LogP contribution is 2.10. The van der Waals surface area contributed by atoms with E-state index in [-0.39, 0.29) is 0 Å². The molecule has 2 heterocycles. The van der Waals surface area contributed by atoms with Gasteiger partial charge in [-0.25, -0.2) is 0 Å². The minimum absolute atomic E-state index is 0.874. The predicted octanol–water partition coefficient (Wildman–Crippen LogP) is -0.293. The van der Waals surface area contributed by atoms with Gasteiger partial charge in [0.15, 0.2) is 0 Å². The van der Waals surface area contributed by atoms with Crippen LogP contribution in [0.15, 0.2) is 4.52 Å². The Morgan fingerprint density at radius 2 is 2.00 bits per heavy atom. The molecule has 0 atom stereocenters. The summed E-state index contributed by atoms with van der Waals surface area (Å²) in [7, 11) is 0. The Kier molecular flexibility index (Phi) is 2.84. The van der Waals surface area contributed by atoms with Crippen molar-refractivity contribution in [1.82, 2.24) is 5.16 Å². The van der Waals surface area contributed by atoms with Crippen LogP contribution in [0.3, 0.4) is 0 Å². The lowest BCUT2D eigenvalue weighted by Crippen LogP contribution is -3.12. The summed E-state index contributed by atoms with van der Waals surface area (Å²) in [6.07, 6.45) is 0. The van der Waals surface area contributed by atoms with Crippen molar-refractivity contribution in [2.75, 3.05) is 26.3 Å². The number of aromatic nitrogens is 1. The predicted molar refractivity (Wildman–Crippen MR) is 51.2 cm³/mol. The summed E-state index contributed by atoms with van der Waals surface area (Å²) in [5.41, 5.74) is 2.29. The summed E-state index contributed by atoms with van der Waals surface area (Å²) in [6.45, 7) is 8.93. The molecule has 1 aliphatic heterocycles. The number of nitrogens with zero attached hydrogens (tertiary/aromatic N) is 1. The number of rotatable bonds is 2. The lowest BCUT2D eigenvalue weighted by molar-refractivity contribution is -0.921. The molecule has 78 valence electrons. The van der Waals surface area contributed by atoms with Crippen molar-refractivity contribution in [1.29, 1.82) is 0 Å². The Bertz CT molecular complexity index is 284. The van der Waals surface area contributed by atoms with Gasteiger partial charge in [-0.1, -0.05) is 5.16 Å². The average Bonchev–Trinajstić information content (AvgIpc) is 2.51. The van der Waals surface area contributed by atoms with Gasteiger partial charge in [-0.05, 0) is 13.8 Å². The van der Waals surface area contributed by atoms with Crippen molar-refractivity contribution in [2.24, 2.45) is 0 Å². The summed E-state index contributed by atoms with van der Waals surface area (Å²) >= 11 is 0. The van der Waals surface area contributed by atoms with Gasteiger partial charge in [-0.15, -0.1) is 0 Å². The molecule has 1 saturated heterocycles. The highest BCUT2D eigenvalue weighted by Gasteiger charge is 2.18. The summed E-state index contributed by atoms with van der Waals surface area (Å²) in [5.74, 6) is 0.960. The summed E-state index contributed by atoms with van der Waals surface area (Å²) < 4.78 is 10.5. The minimum atomic E-state index is 0.874. The second kappa shape index (κ2) is 4.11. The van der Waals surface area contributed by atoms with Crippen LogP contribution >= 0.6 is 0 Å². The largest absolute Gasteiger partial charge is 0.370 e. The third-order valence-electron chi connectivity index (χ3n) is 2.81. The smallest absolute Gasteiger partial charge is 0.142 e. The zero-order valence-corrected chi connectivity index (χ0v) is 8.80. The fraction of sp³-hybridized carbons (Fsp3) is 0.700. The Balaban J connectivity index is 2.02. The van der Waals surface area contributed by atoms with Crippen molar-refractivity contribution in [3.05, 3.63) is 17.0 Å². The van der Waals surface area contributed by atoms with E-state index < -0.39 is 0 Å². The van der Waals surface area contributed by atoms with Crippen LogP contribution in [0.4, 0.5) is 0 Å². The van der Waals surface area contributed by atoms with Gasteiger partial charge in [0.1, 0.15) is 25.4 Å². The van der Waals surface area contributed by atoms with E-state index in [9.17, 15) is 0 Å². The zero-order chi connectivity index (χ0) is 9.97. The molecule has 1 aliphatic rings. The van der Waals surface area contributed by atoms with Crippen LogP contribution in [0.5, 0.6) is 0 Å². The average molecular weight is 197 g/mol. The number of morpholine rings is 1. The van der Waals surface area contributed by atoms with Gasteiger partial charge in [0, 0.05) is 0 Å². The van der Waals surface area contributed by atoms with E-state index in [1.54, 1.807) is 4.90 Å². The fourth-order valence-electron chi connectivity index (χ4n) is 1.84. The summed E-state index contributed by atoms with van der Waals surface area (Å²) in [5, 5.41) is 3.96. The molecule has 1 aromatic rings. The van der Waals surface area contributed by atoms with Crippen molar-refractivity contribution >= 4 is 0 Å². The maximum absolute atomic E-state index is 5.32. The van der Waals surface area contributed by atoms with Crippen molar-refractivity contribution in [2.45, 2.75) is 20.4 Å². The van der Waals surface area contributed by atoms with Crippen LogP contribution in [0, 0.1) is 13.8 Å². The maximum atomic E-state index is 5.32. The molecule has 0 aromatic carbocycles. The van der Waals surface area contributed by atoms with Crippen LogP contribution in [-0.4, -0.2) is 31.5 Å². The van der Waals surface area contributed by atoms with E-state index in [1.807, 2.05) is 13.8 Å². The van der Waals surface area contributed by atoms with Crippen LogP contribution in [0.25, 0.3) is 0 Å². The van der Waals surface area contributed by atoms with E-state index in [4.69, 9.17) is 9.26 Å².